The fourth-order valence-corrected chi connectivity index (χ4v) is 2.48. The Labute approximate surface area is 129 Å². The second-order valence-corrected chi connectivity index (χ2v) is 5.07. The van der Waals surface area contributed by atoms with Gasteiger partial charge < -0.3 is 10.5 Å². The molecule has 3 aromatic rings. The summed E-state index contributed by atoms with van der Waals surface area (Å²) >= 11 is 0. The Morgan fingerprint density at radius 1 is 1.00 bits per heavy atom. The molecule has 0 aliphatic carbocycles. The fourth-order valence-electron chi connectivity index (χ4n) is 2.48. The van der Waals surface area contributed by atoms with Gasteiger partial charge in [0, 0.05) is 16.8 Å². The number of ether oxygens (including phenoxy) is 1. The first kappa shape index (κ1) is 14.1. The summed E-state index contributed by atoms with van der Waals surface area (Å²) in [6, 6.07) is 18.7. The summed E-state index contributed by atoms with van der Waals surface area (Å²) < 4.78 is 5.51. The van der Waals surface area contributed by atoms with Gasteiger partial charge in [0.15, 0.2) is 5.78 Å². The van der Waals surface area contributed by atoms with Crippen LogP contribution in [0.15, 0.2) is 60.7 Å². The summed E-state index contributed by atoms with van der Waals surface area (Å²) in [6.07, 6.45) is 0. The average Bonchev–Trinajstić information content (AvgIpc) is 2.54. The summed E-state index contributed by atoms with van der Waals surface area (Å²) in [4.78, 5) is 12.6. The Kier molecular flexibility index (Phi) is 3.79. The lowest BCUT2D eigenvalue weighted by atomic mass is 9.99. The highest BCUT2D eigenvalue weighted by molar-refractivity contribution is 6.13. The lowest BCUT2D eigenvalue weighted by Crippen LogP contribution is -2.05. The van der Waals surface area contributed by atoms with E-state index in [2.05, 4.69) is 0 Å². The number of anilines is 1. The minimum atomic E-state index is -0.0678. The van der Waals surface area contributed by atoms with Crippen LogP contribution in [0.1, 0.15) is 22.8 Å². The minimum absolute atomic E-state index is 0.0678. The Morgan fingerprint density at radius 2 is 1.77 bits per heavy atom. The SMILES string of the molecule is CCOc1ccc2ccc(C(=O)c3ccccc3N)cc2c1. The number of ketones is 1. The summed E-state index contributed by atoms with van der Waals surface area (Å²) in [6.45, 7) is 2.56. The van der Waals surface area contributed by atoms with Crippen molar-refractivity contribution < 1.29 is 9.53 Å². The molecule has 3 rings (SSSR count). The van der Waals surface area contributed by atoms with Crippen molar-refractivity contribution in [3.8, 4) is 5.75 Å². The molecule has 0 fully saturated rings. The van der Waals surface area contributed by atoms with Crippen LogP contribution >= 0.6 is 0 Å². The molecular weight excluding hydrogens is 274 g/mol. The second-order valence-electron chi connectivity index (χ2n) is 5.07. The smallest absolute Gasteiger partial charge is 0.195 e. The summed E-state index contributed by atoms with van der Waals surface area (Å²) in [5, 5.41) is 2.05. The van der Waals surface area contributed by atoms with Crippen molar-refractivity contribution >= 4 is 22.2 Å². The molecule has 3 heteroatoms. The van der Waals surface area contributed by atoms with Gasteiger partial charge in [-0.1, -0.05) is 30.3 Å². The third-order valence-corrected chi connectivity index (χ3v) is 3.59. The Balaban J connectivity index is 2.04. The van der Waals surface area contributed by atoms with E-state index in [9.17, 15) is 4.79 Å². The number of para-hydroxylation sites is 1. The van der Waals surface area contributed by atoms with Crippen molar-refractivity contribution in [3.63, 3.8) is 0 Å². The molecule has 0 unspecified atom stereocenters. The third-order valence-electron chi connectivity index (χ3n) is 3.59. The van der Waals surface area contributed by atoms with E-state index < -0.39 is 0 Å². The highest BCUT2D eigenvalue weighted by Crippen LogP contribution is 2.24. The van der Waals surface area contributed by atoms with Crippen LogP contribution in [0.3, 0.4) is 0 Å². The molecule has 0 saturated heterocycles. The molecule has 22 heavy (non-hydrogen) atoms. The molecule has 110 valence electrons. The number of fused-ring (bicyclic) bond motifs is 1. The number of nitrogen functional groups attached to an aromatic ring is 1. The zero-order valence-electron chi connectivity index (χ0n) is 12.4. The standard InChI is InChI=1S/C19H17NO2/c1-2-22-16-10-9-13-7-8-14(11-15(13)12-16)19(21)17-5-3-4-6-18(17)20/h3-12H,2,20H2,1H3. The lowest BCUT2D eigenvalue weighted by Gasteiger charge is -2.08. The maximum atomic E-state index is 12.6. The third kappa shape index (κ3) is 2.66. The maximum Gasteiger partial charge on any atom is 0.195 e. The Morgan fingerprint density at radius 3 is 2.55 bits per heavy atom. The van der Waals surface area contributed by atoms with E-state index in [0.717, 1.165) is 16.5 Å². The van der Waals surface area contributed by atoms with Crippen molar-refractivity contribution in [2.75, 3.05) is 12.3 Å². The van der Waals surface area contributed by atoms with Crippen molar-refractivity contribution in [3.05, 3.63) is 71.8 Å². The monoisotopic (exact) mass is 291 g/mol. The minimum Gasteiger partial charge on any atom is -0.494 e. The van der Waals surface area contributed by atoms with Gasteiger partial charge in [-0.15, -0.1) is 0 Å². The highest BCUT2D eigenvalue weighted by Gasteiger charge is 2.12. The van der Waals surface area contributed by atoms with Crippen LogP contribution in [0, 0.1) is 0 Å². The van der Waals surface area contributed by atoms with E-state index in [0.29, 0.717) is 23.4 Å². The first-order chi connectivity index (χ1) is 10.7. The number of hydrogen-bond donors (Lipinski definition) is 1. The molecule has 0 heterocycles. The van der Waals surface area contributed by atoms with Gasteiger partial charge in [-0.2, -0.15) is 0 Å². The maximum absolute atomic E-state index is 12.6. The first-order valence-corrected chi connectivity index (χ1v) is 7.25. The Hall–Kier alpha value is -2.81. The van der Waals surface area contributed by atoms with Gasteiger partial charge in [0.05, 0.1) is 6.61 Å². The average molecular weight is 291 g/mol. The van der Waals surface area contributed by atoms with Crippen LogP contribution in [0.25, 0.3) is 10.8 Å². The van der Waals surface area contributed by atoms with E-state index in [1.165, 1.54) is 0 Å². The Bertz CT molecular complexity index is 840. The number of carbonyl (C=O) groups excluding carboxylic acids is 1. The van der Waals surface area contributed by atoms with Gasteiger partial charge in [-0.3, -0.25) is 4.79 Å². The normalized spacial score (nSPS) is 10.6. The van der Waals surface area contributed by atoms with Crippen LogP contribution < -0.4 is 10.5 Å². The number of benzene rings is 3. The molecule has 0 atom stereocenters. The van der Waals surface area contributed by atoms with E-state index in [-0.39, 0.29) is 5.78 Å². The molecule has 0 aliphatic rings. The molecule has 0 radical (unpaired) electrons. The quantitative estimate of drug-likeness (QED) is 0.582. The first-order valence-electron chi connectivity index (χ1n) is 7.25. The van der Waals surface area contributed by atoms with Gasteiger partial charge in [-0.25, -0.2) is 0 Å². The molecule has 2 N–H and O–H groups in total. The van der Waals surface area contributed by atoms with Crippen LogP contribution in [-0.2, 0) is 0 Å². The van der Waals surface area contributed by atoms with Crippen LogP contribution in [0.4, 0.5) is 5.69 Å². The van der Waals surface area contributed by atoms with Gasteiger partial charge in [-0.05, 0) is 48.0 Å². The van der Waals surface area contributed by atoms with E-state index in [4.69, 9.17) is 10.5 Å². The number of rotatable bonds is 4. The predicted octanol–water partition coefficient (Wildman–Crippen LogP) is 4.05. The second kappa shape index (κ2) is 5.90. The predicted molar refractivity (Wildman–Crippen MR) is 89.4 cm³/mol. The summed E-state index contributed by atoms with van der Waals surface area (Å²) in [5.74, 6) is 0.737. The van der Waals surface area contributed by atoms with Gasteiger partial charge >= 0.3 is 0 Å². The van der Waals surface area contributed by atoms with Crippen LogP contribution in [-0.4, -0.2) is 12.4 Å². The molecule has 0 aromatic heterocycles. The summed E-state index contributed by atoms with van der Waals surface area (Å²) in [7, 11) is 0. The van der Waals surface area contributed by atoms with E-state index in [1.54, 1.807) is 12.1 Å². The number of hydrogen-bond acceptors (Lipinski definition) is 3. The lowest BCUT2D eigenvalue weighted by molar-refractivity contribution is 0.103. The highest BCUT2D eigenvalue weighted by atomic mass is 16.5. The fraction of sp³-hybridized carbons (Fsp3) is 0.105. The molecule has 0 spiro atoms. The molecule has 0 saturated carbocycles. The van der Waals surface area contributed by atoms with Gasteiger partial charge in [0.25, 0.3) is 0 Å². The molecule has 3 aromatic carbocycles. The zero-order valence-corrected chi connectivity index (χ0v) is 12.4. The molecule has 3 nitrogen and oxygen atoms in total. The summed E-state index contributed by atoms with van der Waals surface area (Å²) in [5.41, 5.74) is 7.54. The molecule has 0 bridgehead atoms. The van der Waals surface area contributed by atoms with Crippen molar-refractivity contribution in [2.45, 2.75) is 6.92 Å². The topological polar surface area (TPSA) is 52.3 Å². The van der Waals surface area contributed by atoms with Crippen molar-refractivity contribution in [1.29, 1.82) is 0 Å². The molecule has 0 amide bonds. The van der Waals surface area contributed by atoms with Crippen molar-refractivity contribution in [2.24, 2.45) is 0 Å². The zero-order chi connectivity index (χ0) is 15.5. The number of carbonyl (C=O) groups is 1. The van der Waals surface area contributed by atoms with E-state index >= 15 is 0 Å². The largest absolute Gasteiger partial charge is 0.494 e. The molecular formula is C19H17NO2. The molecule has 0 aliphatic heterocycles. The number of nitrogens with two attached hydrogens (primary N) is 1. The van der Waals surface area contributed by atoms with Gasteiger partial charge in [0.2, 0.25) is 0 Å². The van der Waals surface area contributed by atoms with Gasteiger partial charge in [0.1, 0.15) is 5.75 Å². The van der Waals surface area contributed by atoms with Crippen molar-refractivity contribution in [1.82, 2.24) is 0 Å². The van der Waals surface area contributed by atoms with E-state index in [1.807, 2.05) is 55.5 Å². The van der Waals surface area contributed by atoms with Crippen LogP contribution in [0.2, 0.25) is 0 Å². The van der Waals surface area contributed by atoms with Crippen LogP contribution in [0.5, 0.6) is 5.75 Å².